The quantitative estimate of drug-likeness (QED) is 0.135. The minimum Gasteiger partial charge on any atom is -0.456 e. The van der Waals surface area contributed by atoms with Gasteiger partial charge in [-0.25, -0.2) is 15.0 Å². The van der Waals surface area contributed by atoms with Gasteiger partial charge >= 0.3 is 0 Å². The molecule has 6 heteroatoms. The summed E-state index contributed by atoms with van der Waals surface area (Å²) in [5, 5.41) is 9.28. The van der Waals surface area contributed by atoms with Gasteiger partial charge in [-0.1, -0.05) is 159 Å². The number of nitrogens with zero attached hydrogens (tertiary/aromatic N) is 4. The lowest BCUT2D eigenvalue weighted by Crippen LogP contribution is -2.27. The molecule has 12 rings (SSSR count). The van der Waals surface area contributed by atoms with Crippen LogP contribution in [0.5, 0.6) is 0 Å². The van der Waals surface area contributed by atoms with Crippen LogP contribution in [0.25, 0.3) is 113 Å². The third-order valence-corrected chi connectivity index (χ3v) is 13.4. The van der Waals surface area contributed by atoms with E-state index in [1.807, 2.05) is 55.5 Å². The molecule has 6 nitrogen and oxygen atoms in total. The number of para-hydroxylation sites is 3. The number of fused-ring (bicyclic) bond motifs is 8. The first-order valence-corrected chi connectivity index (χ1v) is 23.0. The van der Waals surface area contributed by atoms with Crippen LogP contribution in [0.3, 0.4) is 0 Å². The number of hydrogen-bond acceptors (Lipinski definition) is 5. The van der Waals surface area contributed by atoms with Crippen LogP contribution in [0.4, 0.5) is 0 Å². The first-order valence-electron chi connectivity index (χ1n) is 23.0. The Labute approximate surface area is 388 Å². The first-order chi connectivity index (χ1) is 33.0. The van der Waals surface area contributed by atoms with Crippen molar-refractivity contribution in [1.82, 2.24) is 19.5 Å². The van der Waals surface area contributed by atoms with Gasteiger partial charge in [0.05, 0.1) is 11.6 Å². The van der Waals surface area contributed by atoms with E-state index in [4.69, 9.17) is 23.8 Å². The van der Waals surface area contributed by atoms with Gasteiger partial charge in [-0.15, -0.1) is 0 Å². The predicted octanol–water partition coefficient (Wildman–Crippen LogP) is 14.5. The van der Waals surface area contributed by atoms with Crippen LogP contribution >= 0.6 is 0 Å². The van der Waals surface area contributed by atoms with E-state index in [-0.39, 0.29) is 6.04 Å². The molecule has 10 aromatic rings. The highest BCUT2D eigenvalue weighted by Crippen LogP contribution is 2.44. The fourth-order valence-electron chi connectivity index (χ4n) is 10.5. The number of aromatic nitrogens is 4. The van der Waals surface area contributed by atoms with Gasteiger partial charge < -0.3 is 13.4 Å². The van der Waals surface area contributed by atoms with E-state index in [2.05, 4.69) is 152 Å². The number of rotatable bonds is 9. The lowest BCUT2D eigenvalue weighted by Gasteiger charge is -2.23. The van der Waals surface area contributed by atoms with E-state index < -0.39 is 0 Å². The van der Waals surface area contributed by atoms with Crippen molar-refractivity contribution in [1.29, 1.82) is 0 Å². The van der Waals surface area contributed by atoms with Gasteiger partial charge in [0.1, 0.15) is 22.3 Å². The number of hydrogen-bond donors (Lipinski definition) is 0. The Balaban J connectivity index is 1.07. The maximum Gasteiger partial charge on any atom is 0.163 e. The van der Waals surface area contributed by atoms with Gasteiger partial charge in [-0.2, -0.15) is 0 Å². The zero-order valence-electron chi connectivity index (χ0n) is 37.5. The van der Waals surface area contributed by atoms with E-state index in [9.17, 15) is 0 Å². The molecule has 6 aromatic carbocycles. The van der Waals surface area contributed by atoms with E-state index in [1.54, 1.807) is 0 Å². The molecule has 0 fully saturated rings. The summed E-state index contributed by atoms with van der Waals surface area (Å²) < 4.78 is 15.5. The molecule has 322 valence electrons. The van der Waals surface area contributed by atoms with Crippen LogP contribution in [0.1, 0.15) is 79.2 Å². The standard InChI is InChI=1S/C61H46N4O2/c1-5-19-45-48-28-17-29-49(52-36-38-20-8-9-23-42(38)43-24-10-11-25-44(43)52)57(48)65(53(45)7-3)40-22-16-21-39(35-40)60-62-59(37(4)34-56-41(6-2)46-26-12-14-32-54(46)66-56)63-61(64-60)51-31-18-30-50-47-27-13-15-33-55(47)67-58(50)51/h5-17,19-21,23-30,32-36,40H,2-3,18,22,31H2,1,4H3/b19-5-,37-34+. The average molecular weight is 867 g/mol. The molecule has 0 amide bonds. The molecule has 2 aliphatic carbocycles. The molecule has 0 aliphatic heterocycles. The van der Waals surface area contributed by atoms with Crippen molar-refractivity contribution in [2.24, 2.45) is 0 Å². The largest absolute Gasteiger partial charge is 0.456 e. The molecule has 0 radical (unpaired) electrons. The van der Waals surface area contributed by atoms with Crippen molar-refractivity contribution in [3.05, 3.63) is 209 Å². The molecule has 4 aromatic heterocycles. The van der Waals surface area contributed by atoms with Gasteiger partial charge in [0.25, 0.3) is 0 Å². The van der Waals surface area contributed by atoms with Crippen LogP contribution in [0.2, 0.25) is 0 Å². The molecule has 0 bridgehead atoms. The fraction of sp³-hybridized carbons (Fsp3) is 0.0984. The summed E-state index contributed by atoms with van der Waals surface area (Å²) in [6, 6.07) is 42.7. The highest BCUT2D eigenvalue weighted by molar-refractivity contribution is 6.16. The van der Waals surface area contributed by atoms with E-state index in [0.29, 0.717) is 23.2 Å². The molecular formula is C61H46N4O2. The highest BCUT2D eigenvalue weighted by Gasteiger charge is 2.26. The summed E-state index contributed by atoms with van der Waals surface area (Å²) in [5.41, 5.74) is 11.8. The summed E-state index contributed by atoms with van der Waals surface area (Å²) >= 11 is 0. The maximum atomic E-state index is 6.61. The molecule has 1 unspecified atom stereocenters. The summed E-state index contributed by atoms with van der Waals surface area (Å²) in [7, 11) is 0. The Kier molecular flexibility index (Phi) is 9.75. The molecule has 0 saturated heterocycles. The van der Waals surface area contributed by atoms with Gasteiger partial charge in [-0.3, -0.25) is 0 Å². The minimum absolute atomic E-state index is 0.0905. The zero-order valence-corrected chi connectivity index (χ0v) is 37.5. The minimum atomic E-state index is -0.0905. The topological polar surface area (TPSA) is 69.9 Å². The lowest BCUT2D eigenvalue weighted by molar-refractivity contribution is 0.567. The monoisotopic (exact) mass is 866 g/mol. The second-order valence-corrected chi connectivity index (χ2v) is 17.4. The van der Waals surface area contributed by atoms with Gasteiger partial charge in [-0.05, 0) is 96.1 Å². The maximum absolute atomic E-state index is 6.61. The summed E-state index contributed by atoms with van der Waals surface area (Å²) in [6.07, 6.45) is 21.6. The van der Waals surface area contributed by atoms with Crippen LogP contribution in [-0.2, 0) is 0 Å². The smallest absolute Gasteiger partial charge is 0.163 e. The Morgan fingerprint density at radius 3 is 2.22 bits per heavy atom. The molecule has 0 spiro atoms. The predicted molar refractivity (Wildman–Crippen MR) is 279 cm³/mol. The number of furan rings is 2. The van der Waals surface area contributed by atoms with Crippen molar-refractivity contribution in [2.75, 3.05) is 0 Å². The normalized spacial score (nSPS) is 15.3. The SMILES string of the molecule is C=Cc1c(/C=C(\C)c2nc(C3=CC(n4c(C=C)c(/C=C\C)c5cccc(-c6cc7ccccc7c7ccccc67)c54)CC=C3)nc(C3=c4oc5ccccc5c4=CCC3)n2)oc2ccccc12. The van der Waals surface area contributed by atoms with Gasteiger partial charge in [0.2, 0.25) is 0 Å². The van der Waals surface area contributed by atoms with Crippen molar-refractivity contribution in [3.8, 4) is 11.1 Å². The molecule has 2 aliphatic rings. The van der Waals surface area contributed by atoms with Crippen molar-refractivity contribution < 1.29 is 8.83 Å². The molecule has 67 heavy (non-hydrogen) atoms. The molecule has 1 atom stereocenters. The Morgan fingerprint density at radius 2 is 1.42 bits per heavy atom. The number of allylic oxidation sites excluding steroid dienone is 6. The highest BCUT2D eigenvalue weighted by atomic mass is 16.3. The molecule has 0 N–H and O–H groups in total. The van der Waals surface area contributed by atoms with E-state index >= 15 is 0 Å². The zero-order chi connectivity index (χ0) is 45.2. The summed E-state index contributed by atoms with van der Waals surface area (Å²) in [5.74, 6) is 2.46. The fourth-order valence-corrected chi connectivity index (χ4v) is 10.5. The van der Waals surface area contributed by atoms with Crippen LogP contribution in [-0.4, -0.2) is 19.5 Å². The molecule has 0 saturated carbocycles. The summed E-state index contributed by atoms with van der Waals surface area (Å²) in [4.78, 5) is 15.9. The average Bonchev–Trinajstić information content (AvgIpc) is 4.05. The second kappa shape index (κ2) is 16.3. The second-order valence-electron chi connectivity index (χ2n) is 17.4. The van der Waals surface area contributed by atoms with Crippen molar-refractivity contribution >= 4 is 101 Å². The molecular weight excluding hydrogens is 821 g/mol. The Hall–Kier alpha value is -8.35. The van der Waals surface area contributed by atoms with Gasteiger partial charge in [0, 0.05) is 54.9 Å². The molecule has 4 heterocycles. The van der Waals surface area contributed by atoms with Crippen LogP contribution < -0.4 is 10.6 Å². The van der Waals surface area contributed by atoms with Crippen LogP contribution in [0, 0.1) is 0 Å². The van der Waals surface area contributed by atoms with E-state index in [0.717, 1.165) is 90.9 Å². The van der Waals surface area contributed by atoms with Crippen molar-refractivity contribution in [3.63, 3.8) is 0 Å². The van der Waals surface area contributed by atoms with Crippen molar-refractivity contribution in [2.45, 2.75) is 39.2 Å². The first kappa shape index (κ1) is 40.2. The van der Waals surface area contributed by atoms with Gasteiger partial charge in [0.15, 0.2) is 17.5 Å². The third-order valence-electron chi connectivity index (χ3n) is 13.4. The third kappa shape index (κ3) is 6.59. The number of benzene rings is 6. The van der Waals surface area contributed by atoms with E-state index in [1.165, 1.54) is 38.1 Å². The lowest BCUT2D eigenvalue weighted by atomic mass is 9.92. The summed E-state index contributed by atoms with van der Waals surface area (Å²) in [6.45, 7) is 12.7. The Bertz CT molecular complexity index is 3980. The Morgan fingerprint density at radius 1 is 0.701 bits per heavy atom. The van der Waals surface area contributed by atoms with Crippen LogP contribution in [0.15, 0.2) is 168 Å².